The standard InChI is InChI=1S/C7H3Cl2N3O2/c8-3-1-4(9)5(10-2-3)6-11-7(13)14-12-6/h1-2H,(H,11,12,13). The molecule has 0 saturated carbocycles. The van der Waals surface area contributed by atoms with E-state index in [2.05, 4.69) is 19.6 Å². The van der Waals surface area contributed by atoms with Gasteiger partial charge in [-0.2, -0.15) is 0 Å². The zero-order valence-corrected chi connectivity index (χ0v) is 8.13. The number of nitrogens with zero attached hydrogens (tertiary/aromatic N) is 2. The van der Waals surface area contributed by atoms with Crippen molar-refractivity contribution >= 4 is 23.2 Å². The minimum absolute atomic E-state index is 0.177. The van der Waals surface area contributed by atoms with Gasteiger partial charge in [0.1, 0.15) is 5.69 Å². The second kappa shape index (κ2) is 3.43. The molecule has 0 fully saturated rings. The van der Waals surface area contributed by atoms with E-state index in [-0.39, 0.29) is 5.82 Å². The molecule has 5 nitrogen and oxygen atoms in total. The lowest BCUT2D eigenvalue weighted by Crippen LogP contribution is -1.95. The zero-order valence-electron chi connectivity index (χ0n) is 6.62. The summed E-state index contributed by atoms with van der Waals surface area (Å²) >= 11 is 11.5. The van der Waals surface area contributed by atoms with Crippen molar-refractivity contribution in [1.82, 2.24) is 15.1 Å². The Morgan fingerprint density at radius 3 is 2.79 bits per heavy atom. The summed E-state index contributed by atoms with van der Waals surface area (Å²) in [7, 11) is 0. The van der Waals surface area contributed by atoms with E-state index >= 15 is 0 Å². The minimum Gasteiger partial charge on any atom is -0.296 e. The molecule has 2 rings (SSSR count). The Hall–Kier alpha value is -1.33. The smallest absolute Gasteiger partial charge is 0.296 e. The number of pyridine rings is 1. The molecular formula is C7H3Cl2N3O2. The lowest BCUT2D eigenvalue weighted by atomic mass is 10.3. The molecule has 0 saturated heterocycles. The van der Waals surface area contributed by atoms with Gasteiger partial charge in [-0.15, -0.1) is 0 Å². The molecule has 0 aromatic carbocycles. The highest BCUT2D eigenvalue weighted by molar-refractivity contribution is 6.35. The average Bonchev–Trinajstić information content (AvgIpc) is 2.51. The number of hydrogen-bond donors (Lipinski definition) is 1. The van der Waals surface area contributed by atoms with Gasteiger partial charge in [0.2, 0.25) is 5.82 Å². The first-order chi connectivity index (χ1) is 6.66. The number of rotatable bonds is 1. The molecule has 2 aromatic heterocycles. The Labute approximate surface area is 87.7 Å². The summed E-state index contributed by atoms with van der Waals surface area (Å²) < 4.78 is 4.31. The van der Waals surface area contributed by atoms with Crippen molar-refractivity contribution in [3.63, 3.8) is 0 Å². The Morgan fingerprint density at radius 2 is 2.21 bits per heavy atom. The molecule has 0 unspecified atom stereocenters. The second-order valence-corrected chi connectivity index (χ2v) is 3.27. The maximum Gasteiger partial charge on any atom is 0.439 e. The number of aromatic amines is 1. The lowest BCUT2D eigenvalue weighted by Gasteiger charge is -1.97. The fourth-order valence-corrected chi connectivity index (χ4v) is 1.39. The van der Waals surface area contributed by atoms with Crippen LogP contribution in [0.15, 0.2) is 21.6 Å². The number of H-pyrrole nitrogens is 1. The summed E-state index contributed by atoms with van der Waals surface area (Å²) in [5.74, 6) is -0.482. The third-order valence-corrected chi connectivity index (χ3v) is 1.97. The van der Waals surface area contributed by atoms with Crippen LogP contribution in [0.4, 0.5) is 0 Å². The third-order valence-electron chi connectivity index (χ3n) is 1.47. The van der Waals surface area contributed by atoms with Crippen LogP contribution in [-0.2, 0) is 0 Å². The van der Waals surface area contributed by atoms with Crippen LogP contribution in [0.1, 0.15) is 0 Å². The van der Waals surface area contributed by atoms with Gasteiger partial charge in [0, 0.05) is 6.20 Å². The Morgan fingerprint density at radius 1 is 1.43 bits per heavy atom. The number of aromatic nitrogens is 3. The molecule has 2 heterocycles. The first-order valence-electron chi connectivity index (χ1n) is 3.54. The van der Waals surface area contributed by atoms with Crippen molar-refractivity contribution in [2.75, 3.05) is 0 Å². The highest BCUT2D eigenvalue weighted by atomic mass is 35.5. The molecule has 0 bridgehead atoms. The molecule has 0 aliphatic carbocycles. The molecule has 1 N–H and O–H groups in total. The number of hydrogen-bond acceptors (Lipinski definition) is 4. The van der Waals surface area contributed by atoms with Gasteiger partial charge >= 0.3 is 5.76 Å². The Bertz CT molecular complexity index is 520. The molecule has 0 aliphatic rings. The summed E-state index contributed by atoms with van der Waals surface area (Å²) in [5.41, 5.74) is 0.321. The molecule has 0 radical (unpaired) electrons. The molecule has 2 aromatic rings. The van der Waals surface area contributed by atoms with E-state index in [4.69, 9.17) is 23.2 Å². The Balaban J connectivity index is 2.57. The minimum atomic E-state index is -0.659. The summed E-state index contributed by atoms with van der Waals surface area (Å²) in [6.07, 6.45) is 1.40. The van der Waals surface area contributed by atoms with Gasteiger partial charge < -0.3 is 0 Å². The maximum atomic E-state index is 10.7. The summed E-state index contributed by atoms with van der Waals surface area (Å²) in [5, 5.41) is 4.14. The molecule has 14 heavy (non-hydrogen) atoms. The summed E-state index contributed by atoms with van der Waals surface area (Å²) in [6, 6.07) is 1.50. The van der Waals surface area contributed by atoms with Gasteiger partial charge in [0.15, 0.2) is 0 Å². The van der Waals surface area contributed by atoms with Crippen LogP contribution in [0.25, 0.3) is 11.5 Å². The number of halogens is 2. The average molecular weight is 232 g/mol. The van der Waals surface area contributed by atoms with Crippen LogP contribution in [0.3, 0.4) is 0 Å². The predicted molar refractivity (Wildman–Crippen MR) is 50.4 cm³/mol. The van der Waals surface area contributed by atoms with Crippen molar-refractivity contribution in [1.29, 1.82) is 0 Å². The molecule has 0 amide bonds. The molecule has 72 valence electrons. The van der Waals surface area contributed by atoms with Crippen LogP contribution >= 0.6 is 23.2 Å². The van der Waals surface area contributed by atoms with E-state index in [1.807, 2.05) is 0 Å². The van der Waals surface area contributed by atoms with E-state index in [9.17, 15) is 4.79 Å². The van der Waals surface area contributed by atoms with Gasteiger partial charge in [-0.3, -0.25) is 9.51 Å². The van der Waals surface area contributed by atoms with Crippen LogP contribution in [0.5, 0.6) is 0 Å². The zero-order chi connectivity index (χ0) is 10.1. The molecule has 0 aliphatic heterocycles. The SMILES string of the molecule is O=c1[nH]c(-c2ncc(Cl)cc2Cl)no1. The summed E-state index contributed by atoms with van der Waals surface area (Å²) in [4.78, 5) is 16.9. The topological polar surface area (TPSA) is 71.8 Å². The van der Waals surface area contributed by atoms with Crippen molar-refractivity contribution in [2.45, 2.75) is 0 Å². The van der Waals surface area contributed by atoms with Crippen LogP contribution in [0.2, 0.25) is 10.0 Å². The second-order valence-electron chi connectivity index (χ2n) is 2.43. The van der Waals surface area contributed by atoms with E-state index in [1.165, 1.54) is 12.3 Å². The highest BCUT2D eigenvalue weighted by Gasteiger charge is 2.10. The molecule has 7 heteroatoms. The van der Waals surface area contributed by atoms with Crippen molar-refractivity contribution in [3.05, 3.63) is 32.9 Å². The van der Waals surface area contributed by atoms with Crippen LogP contribution in [-0.4, -0.2) is 15.1 Å². The predicted octanol–water partition coefficient (Wildman–Crippen LogP) is 1.73. The normalized spacial score (nSPS) is 10.4. The van der Waals surface area contributed by atoms with E-state index in [0.29, 0.717) is 15.7 Å². The van der Waals surface area contributed by atoms with Gasteiger partial charge in [-0.25, -0.2) is 9.78 Å². The molecule has 0 spiro atoms. The third kappa shape index (κ3) is 1.64. The quantitative estimate of drug-likeness (QED) is 0.812. The largest absolute Gasteiger partial charge is 0.439 e. The maximum absolute atomic E-state index is 10.7. The monoisotopic (exact) mass is 231 g/mol. The van der Waals surface area contributed by atoms with Crippen LogP contribution < -0.4 is 5.76 Å². The van der Waals surface area contributed by atoms with Gasteiger partial charge in [0.05, 0.1) is 10.0 Å². The molecule has 0 atom stereocenters. The van der Waals surface area contributed by atoms with Crippen LogP contribution in [0, 0.1) is 0 Å². The fraction of sp³-hybridized carbons (Fsp3) is 0. The van der Waals surface area contributed by atoms with Crippen molar-refractivity contribution < 1.29 is 4.52 Å². The van der Waals surface area contributed by atoms with E-state index in [0.717, 1.165) is 0 Å². The highest BCUT2D eigenvalue weighted by Crippen LogP contribution is 2.24. The van der Waals surface area contributed by atoms with E-state index < -0.39 is 5.76 Å². The number of nitrogens with one attached hydrogen (secondary N) is 1. The first kappa shape index (κ1) is 9.23. The van der Waals surface area contributed by atoms with Crippen molar-refractivity contribution in [2.24, 2.45) is 0 Å². The van der Waals surface area contributed by atoms with Crippen molar-refractivity contribution in [3.8, 4) is 11.5 Å². The van der Waals surface area contributed by atoms with Gasteiger partial charge in [-0.1, -0.05) is 28.4 Å². The first-order valence-corrected chi connectivity index (χ1v) is 4.30. The molecular weight excluding hydrogens is 229 g/mol. The van der Waals surface area contributed by atoms with Gasteiger partial charge in [0.25, 0.3) is 0 Å². The Kier molecular flexibility index (Phi) is 2.26. The van der Waals surface area contributed by atoms with E-state index in [1.54, 1.807) is 0 Å². The fourth-order valence-electron chi connectivity index (χ4n) is 0.921. The van der Waals surface area contributed by atoms with Gasteiger partial charge in [-0.05, 0) is 6.07 Å². The summed E-state index contributed by atoms with van der Waals surface area (Å²) in [6.45, 7) is 0. The lowest BCUT2D eigenvalue weighted by molar-refractivity contribution is 0.387.